The Morgan fingerprint density at radius 1 is 1.00 bits per heavy atom. The number of hydrogen-bond donors (Lipinski definition) is 0. The summed E-state index contributed by atoms with van der Waals surface area (Å²) in [6.07, 6.45) is 3.12. The Bertz CT molecular complexity index is 921. The third-order valence-corrected chi connectivity index (χ3v) is 3.92. The first-order valence-electron chi connectivity index (χ1n) is 8.30. The van der Waals surface area contributed by atoms with Crippen molar-refractivity contribution in [2.24, 2.45) is 0 Å². The van der Waals surface area contributed by atoms with Crippen molar-refractivity contribution in [2.45, 2.75) is 13.5 Å². The molecule has 0 aliphatic rings. The Morgan fingerprint density at radius 3 is 2.50 bits per heavy atom. The summed E-state index contributed by atoms with van der Waals surface area (Å²) in [7, 11) is 1.54. The zero-order valence-corrected chi connectivity index (χ0v) is 14.8. The highest BCUT2D eigenvalue weighted by atomic mass is 16.5. The molecule has 0 fully saturated rings. The van der Waals surface area contributed by atoms with Crippen molar-refractivity contribution in [3.63, 3.8) is 0 Å². The first-order valence-corrected chi connectivity index (χ1v) is 8.30. The van der Waals surface area contributed by atoms with Gasteiger partial charge in [-0.3, -0.25) is 4.79 Å². The minimum Gasteiger partial charge on any atom is -0.496 e. The van der Waals surface area contributed by atoms with Gasteiger partial charge in [0.05, 0.1) is 12.7 Å². The predicted molar refractivity (Wildman–Crippen MR) is 101 cm³/mol. The summed E-state index contributed by atoms with van der Waals surface area (Å²) < 4.78 is 16.7. The number of furan rings is 1. The van der Waals surface area contributed by atoms with E-state index in [1.54, 1.807) is 31.4 Å². The Balaban J connectivity index is 1.64. The van der Waals surface area contributed by atoms with Gasteiger partial charge in [0.15, 0.2) is 5.78 Å². The molecule has 132 valence electrons. The second-order valence-corrected chi connectivity index (χ2v) is 5.76. The molecule has 2 aromatic carbocycles. The number of aryl methyl sites for hydroxylation is 1. The van der Waals surface area contributed by atoms with E-state index < -0.39 is 0 Å². The minimum absolute atomic E-state index is 0.142. The Morgan fingerprint density at radius 2 is 1.73 bits per heavy atom. The Kier molecular flexibility index (Phi) is 5.54. The summed E-state index contributed by atoms with van der Waals surface area (Å²) in [6, 6.07) is 18.6. The molecule has 0 radical (unpaired) electrons. The monoisotopic (exact) mass is 348 g/mol. The zero-order valence-electron chi connectivity index (χ0n) is 14.8. The molecular formula is C22H20O4. The molecule has 0 aliphatic heterocycles. The van der Waals surface area contributed by atoms with E-state index in [0.29, 0.717) is 29.4 Å². The fraction of sp³-hybridized carbons (Fsp3) is 0.136. The third-order valence-electron chi connectivity index (χ3n) is 3.92. The van der Waals surface area contributed by atoms with Crippen molar-refractivity contribution in [1.82, 2.24) is 0 Å². The highest BCUT2D eigenvalue weighted by Gasteiger charge is 2.09. The summed E-state index contributed by atoms with van der Waals surface area (Å²) in [4.78, 5) is 12.3. The van der Waals surface area contributed by atoms with Crippen LogP contribution in [0.3, 0.4) is 0 Å². The van der Waals surface area contributed by atoms with Gasteiger partial charge in [0.2, 0.25) is 0 Å². The number of para-hydroxylation sites is 2. The van der Waals surface area contributed by atoms with Gasteiger partial charge >= 0.3 is 0 Å². The fourth-order valence-electron chi connectivity index (χ4n) is 2.52. The molecule has 26 heavy (non-hydrogen) atoms. The average molecular weight is 348 g/mol. The van der Waals surface area contributed by atoms with Crippen LogP contribution < -0.4 is 9.47 Å². The second kappa shape index (κ2) is 8.21. The van der Waals surface area contributed by atoms with Crippen LogP contribution in [0.25, 0.3) is 6.08 Å². The predicted octanol–water partition coefficient (Wildman–Crippen LogP) is 5.07. The highest BCUT2D eigenvalue weighted by Crippen LogP contribution is 2.20. The number of methoxy groups -OCH3 is 1. The van der Waals surface area contributed by atoms with E-state index >= 15 is 0 Å². The van der Waals surface area contributed by atoms with E-state index in [1.165, 1.54) is 6.08 Å². The maximum Gasteiger partial charge on any atom is 0.189 e. The van der Waals surface area contributed by atoms with Crippen LogP contribution in [0.1, 0.15) is 27.4 Å². The van der Waals surface area contributed by atoms with Gasteiger partial charge in [0.1, 0.15) is 29.6 Å². The average Bonchev–Trinajstić information content (AvgIpc) is 3.13. The molecule has 0 bridgehead atoms. The maximum atomic E-state index is 12.3. The molecular weight excluding hydrogens is 328 g/mol. The quantitative estimate of drug-likeness (QED) is 0.442. The Labute approximate surface area is 152 Å². The van der Waals surface area contributed by atoms with E-state index in [4.69, 9.17) is 13.9 Å². The summed E-state index contributed by atoms with van der Waals surface area (Å²) >= 11 is 0. The van der Waals surface area contributed by atoms with Crippen molar-refractivity contribution in [3.8, 4) is 11.5 Å². The summed E-state index contributed by atoms with van der Waals surface area (Å²) in [6.45, 7) is 2.33. The largest absolute Gasteiger partial charge is 0.496 e. The molecule has 4 heteroatoms. The van der Waals surface area contributed by atoms with Gasteiger partial charge in [0, 0.05) is 0 Å². The van der Waals surface area contributed by atoms with Crippen LogP contribution in [0, 0.1) is 6.92 Å². The van der Waals surface area contributed by atoms with E-state index in [0.717, 1.165) is 11.3 Å². The lowest BCUT2D eigenvalue weighted by Gasteiger charge is -2.06. The summed E-state index contributed by atoms with van der Waals surface area (Å²) in [5.74, 6) is 2.52. The van der Waals surface area contributed by atoms with Gasteiger partial charge < -0.3 is 13.9 Å². The zero-order chi connectivity index (χ0) is 18.4. The molecule has 4 nitrogen and oxygen atoms in total. The molecule has 3 rings (SSSR count). The summed E-state index contributed by atoms with van der Waals surface area (Å²) in [5.41, 5.74) is 1.59. The molecule has 0 unspecified atom stereocenters. The van der Waals surface area contributed by atoms with E-state index in [2.05, 4.69) is 0 Å². The van der Waals surface area contributed by atoms with Gasteiger partial charge in [0.25, 0.3) is 0 Å². The maximum absolute atomic E-state index is 12.3. The van der Waals surface area contributed by atoms with Gasteiger partial charge in [-0.2, -0.15) is 0 Å². The van der Waals surface area contributed by atoms with Crippen LogP contribution in [0.2, 0.25) is 0 Å². The lowest BCUT2D eigenvalue weighted by molar-refractivity contribution is 0.104. The SMILES string of the molecule is COc1ccccc1C(=O)/C=C/c1ccc(COc2ccccc2C)o1. The fourth-order valence-corrected chi connectivity index (χ4v) is 2.52. The van der Waals surface area contributed by atoms with Gasteiger partial charge in [-0.05, 0) is 55.0 Å². The summed E-state index contributed by atoms with van der Waals surface area (Å²) in [5, 5.41) is 0. The first kappa shape index (κ1) is 17.5. The number of hydrogen-bond acceptors (Lipinski definition) is 4. The molecule has 0 aliphatic carbocycles. The van der Waals surface area contributed by atoms with Crippen LogP contribution in [0.4, 0.5) is 0 Å². The number of ketones is 1. The highest BCUT2D eigenvalue weighted by molar-refractivity contribution is 6.08. The molecule has 1 heterocycles. The first-order chi connectivity index (χ1) is 12.7. The van der Waals surface area contributed by atoms with Crippen LogP contribution in [0.5, 0.6) is 11.5 Å². The topological polar surface area (TPSA) is 48.7 Å². The smallest absolute Gasteiger partial charge is 0.189 e. The Hall–Kier alpha value is -3.27. The standard InChI is InChI=1S/C22H20O4/c1-16-7-3-5-9-21(16)25-15-18-12-11-17(26-18)13-14-20(23)19-8-4-6-10-22(19)24-2/h3-14H,15H2,1-2H3/b14-13+. The number of ether oxygens (including phenoxy) is 2. The molecule has 3 aromatic rings. The van der Waals surface area contributed by atoms with Crippen molar-refractivity contribution in [1.29, 1.82) is 0 Å². The van der Waals surface area contributed by atoms with Crippen LogP contribution in [-0.4, -0.2) is 12.9 Å². The molecule has 0 amide bonds. The molecule has 0 saturated carbocycles. The molecule has 0 atom stereocenters. The van der Waals surface area contributed by atoms with Gasteiger partial charge in [-0.25, -0.2) is 0 Å². The van der Waals surface area contributed by atoms with Crippen molar-refractivity contribution in [2.75, 3.05) is 7.11 Å². The number of carbonyl (C=O) groups is 1. The third kappa shape index (κ3) is 4.22. The number of carbonyl (C=O) groups excluding carboxylic acids is 1. The minimum atomic E-state index is -0.142. The number of allylic oxidation sites excluding steroid dienone is 1. The van der Waals surface area contributed by atoms with Crippen molar-refractivity contribution >= 4 is 11.9 Å². The van der Waals surface area contributed by atoms with Gasteiger partial charge in [-0.15, -0.1) is 0 Å². The second-order valence-electron chi connectivity index (χ2n) is 5.76. The van der Waals surface area contributed by atoms with E-state index in [9.17, 15) is 4.79 Å². The van der Waals surface area contributed by atoms with Crippen molar-refractivity contribution in [3.05, 3.63) is 89.4 Å². The van der Waals surface area contributed by atoms with E-state index in [-0.39, 0.29) is 5.78 Å². The molecule has 0 N–H and O–H groups in total. The van der Waals surface area contributed by atoms with Crippen LogP contribution >= 0.6 is 0 Å². The lowest BCUT2D eigenvalue weighted by Crippen LogP contribution is -1.98. The van der Waals surface area contributed by atoms with Crippen molar-refractivity contribution < 1.29 is 18.7 Å². The van der Waals surface area contributed by atoms with E-state index in [1.807, 2.05) is 49.4 Å². The van der Waals surface area contributed by atoms with Crippen LogP contribution in [0.15, 0.2) is 71.2 Å². The molecule has 0 saturated heterocycles. The number of benzene rings is 2. The number of rotatable bonds is 7. The molecule has 0 spiro atoms. The normalized spacial score (nSPS) is 10.8. The van der Waals surface area contributed by atoms with Gasteiger partial charge in [-0.1, -0.05) is 30.3 Å². The van der Waals surface area contributed by atoms with Crippen LogP contribution in [-0.2, 0) is 6.61 Å². The lowest BCUT2D eigenvalue weighted by atomic mass is 10.1. The molecule has 1 aromatic heterocycles.